The van der Waals surface area contributed by atoms with Crippen molar-refractivity contribution in [1.82, 2.24) is 5.32 Å². The number of carbonyl (C=O) groups excluding carboxylic acids is 2. The Balaban J connectivity index is 1.91. The first-order chi connectivity index (χ1) is 10.6. The molecule has 0 bridgehead atoms. The molecule has 1 aliphatic carbocycles. The highest BCUT2D eigenvalue weighted by atomic mass is 127. The number of hydrogen-bond donors (Lipinski definition) is 1. The zero-order valence-electron chi connectivity index (χ0n) is 11.4. The summed E-state index contributed by atoms with van der Waals surface area (Å²) in [4.78, 5) is 24.4. The molecule has 0 aromatic heterocycles. The molecular weight excluding hydrogens is 400 g/mol. The molecule has 1 atom stereocenters. The van der Waals surface area contributed by atoms with E-state index in [2.05, 4.69) is 5.32 Å². The molecule has 1 aromatic carbocycles. The van der Waals surface area contributed by atoms with Crippen molar-refractivity contribution >= 4 is 34.3 Å². The second-order valence-electron chi connectivity index (χ2n) is 5.52. The molecule has 2 heterocycles. The summed E-state index contributed by atoms with van der Waals surface area (Å²) in [5, 5.41) is 3.18. The van der Waals surface area contributed by atoms with E-state index in [0.29, 0.717) is 27.6 Å². The number of benzene rings is 1. The first-order valence-corrected chi connectivity index (χ1v) is 8.02. The lowest BCUT2D eigenvalue weighted by Gasteiger charge is -2.26. The molecule has 0 saturated carbocycles. The largest absolute Gasteiger partial charge is 0.456 e. The van der Waals surface area contributed by atoms with Gasteiger partial charge in [-0.25, -0.2) is 9.18 Å². The number of esters is 1. The minimum Gasteiger partial charge on any atom is -0.456 e. The van der Waals surface area contributed by atoms with E-state index in [9.17, 15) is 14.0 Å². The number of allylic oxidation sites excluding steroid dienone is 2. The molecule has 4 nitrogen and oxygen atoms in total. The molecule has 1 N–H and O–H groups in total. The molecule has 0 radical (unpaired) electrons. The number of carbonyl (C=O) groups is 2. The molecule has 112 valence electrons. The minimum atomic E-state index is -0.453. The number of halogens is 2. The maximum absolute atomic E-state index is 13.6. The second-order valence-corrected chi connectivity index (χ2v) is 6.68. The zero-order valence-corrected chi connectivity index (χ0v) is 13.6. The Kier molecular flexibility index (Phi) is 3.11. The third kappa shape index (κ3) is 1.93. The van der Waals surface area contributed by atoms with Crippen molar-refractivity contribution < 1.29 is 18.7 Å². The van der Waals surface area contributed by atoms with E-state index in [4.69, 9.17) is 4.74 Å². The summed E-state index contributed by atoms with van der Waals surface area (Å²) in [7, 11) is 0. The van der Waals surface area contributed by atoms with Crippen molar-refractivity contribution in [3.63, 3.8) is 0 Å². The molecule has 2 aliphatic heterocycles. The summed E-state index contributed by atoms with van der Waals surface area (Å²) in [6, 6.07) is 4.71. The Hall–Kier alpha value is -1.70. The van der Waals surface area contributed by atoms with E-state index in [1.165, 1.54) is 6.07 Å². The summed E-state index contributed by atoms with van der Waals surface area (Å²) in [6.45, 7) is 0.202. The van der Waals surface area contributed by atoms with Gasteiger partial charge in [-0.05, 0) is 46.7 Å². The Bertz CT molecular complexity index is 757. The van der Waals surface area contributed by atoms with Gasteiger partial charge < -0.3 is 10.1 Å². The normalized spacial score (nSPS) is 23.5. The van der Waals surface area contributed by atoms with Crippen molar-refractivity contribution in [2.75, 3.05) is 6.61 Å². The number of dihydropyridines is 1. The number of rotatable bonds is 1. The lowest BCUT2D eigenvalue weighted by molar-refractivity contribution is -0.136. The molecule has 0 amide bonds. The van der Waals surface area contributed by atoms with Gasteiger partial charge in [0.2, 0.25) is 0 Å². The standard InChI is InChI=1S/C16H11FINO3/c17-8-2-1-7(5-9(8)18)13-14-10(3-4-12(14)20)19-11-6-22-16(21)15(11)13/h1-2,5,13,19H,3-4,6H2. The van der Waals surface area contributed by atoms with Crippen molar-refractivity contribution in [3.8, 4) is 0 Å². The molecule has 6 heteroatoms. The highest BCUT2D eigenvalue weighted by Crippen LogP contribution is 2.45. The Morgan fingerprint density at radius 1 is 1.18 bits per heavy atom. The van der Waals surface area contributed by atoms with Crippen LogP contribution >= 0.6 is 22.6 Å². The van der Waals surface area contributed by atoms with Crippen LogP contribution < -0.4 is 5.32 Å². The Morgan fingerprint density at radius 3 is 2.77 bits per heavy atom. The number of nitrogens with one attached hydrogen (secondary N) is 1. The van der Waals surface area contributed by atoms with Crippen LogP contribution in [0, 0.1) is 9.39 Å². The van der Waals surface area contributed by atoms with Gasteiger partial charge in [0.25, 0.3) is 0 Å². The summed E-state index contributed by atoms with van der Waals surface area (Å²) in [5.41, 5.74) is 3.45. The van der Waals surface area contributed by atoms with Crippen LogP contribution in [0.1, 0.15) is 24.3 Å². The Morgan fingerprint density at radius 2 is 2.00 bits per heavy atom. The minimum absolute atomic E-state index is 0.0399. The topological polar surface area (TPSA) is 55.4 Å². The molecule has 1 aromatic rings. The molecule has 22 heavy (non-hydrogen) atoms. The predicted molar refractivity (Wildman–Crippen MR) is 84.2 cm³/mol. The van der Waals surface area contributed by atoms with E-state index in [-0.39, 0.29) is 18.2 Å². The third-order valence-electron chi connectivity index (χ3n) is 4.28. The van der Waals surface area contributed by atoms with Gasteiger partial charge in [0, 0.05) is 27.2 Å². The molecule has 3 aliphatic rings. The summed E-state index contributed by atoms with van der Waals surface area (Å²) in [6.07, 6.45) is 1.09. The van der Waals surface area contributed by atoms with Crippen LogP contribution in [0.5, 0.6) is 0 Å². The monoisotopic (exact) mass is 411 g/mol. The average molecular weight is 411 g/mol. The van der Waals surface area contributed by atoms with E-state index in [0.717, 1.165) is 17.0 Å². The third-order valence-corrected chi connectivity index (χ3v) is 5.10. The predicted octanol–water partition coefficient (Wildman–Crippen LogP) is 2.55. The second kappa shape index (κ2) is 4.91. The van der Waals surface area contributed by atoms with Crippen molar-refractivity contribution in [2.24, 2.45) is 0 Å². The molecule has 0 saturated heterocycles. The van der Waals surface area contributed by atoms with Crippen LogP contribution in [0.25, 0.3) is 0 Å². The van der Waals surface area contributed by atoms with Gasteiger partial charge in [0.1, 0.15) is 12.4 Å². The van der Waals surface area contributed by atoms with Gasteiger partial charge in [-0.1, -0.05) is 6.07 Å². The summed E-state index contributed by atoms with van der Waals surface area (Å²) >= 11 is 1.91. The van der Waals surface area contributed by atoms with Crippen LogP contribution in [-0.2, 0) is 14.3 Å². The fraction of sp³-hybridized carbons (Fsp3) is 0.250. The molecule has 1 unspecified atom stereocenters. The number of Topliss-reactive ketones (excluding diaryl/α,β-unsaturated/α-hetero) is 1. The maximum atomic E-state index is 13.6. The molecular formula is C16H11FINO3. The van der Waals surface area contributed by atoms with E-state index >= 15 is 0 Å². The van der Waals surface area contributed by atoms with Gasteiger partial charge in [-0.2, -0.15) is 0 Å². The van der Waals surface area contributed by atoms with Crippen molar-refractivity contribution in [3.05, 3.63) is 55.7 Å². The summed E-state index contributed by atoms with van der Waals surface area (Å²) in [5.74, 6) is -1.13. The highest BCUT2D eigenvalue weighted by molar-refractivity contribution is 14.1. The van der Waals surface area contributed by atoms with Crippen LogP contribution in [0.3, 0.4) is 0 Å². The summed E-state index contributed by atoms with van der Waals surface area (Å²) < 4.78 is 19.1. The van der Waals surface area contributed by atoms with Gasteiger partial charge in [-0.3, -0.25) is 4.79 Å². The quantitative estimate of drug-likeness (QED) is 0.570. The average Bonchev–Trinajstić information content (AvgIpc) is 3.05. The van der Waals surface area contributed by atoms with Crippen LogP contribution in [0.15, 0.2) is 40.7 Å². The smallest absolute Gasteiger partial charge is 0.337 e. The SMILES string of the molecule is O=C1CCC2=C1C(c1ccc(F)c(I)c1)C1=C(COC1=O)N2. The van der Waals surface area contributed by atoms with Crippen molar-refractivity contribution in [1.29, 1.82) is 0 Å². The number of hydrogen-bond acceptors (Lipinski definition) is 4. The first-order valence-electron chi connectivity index (χ1n) is 6.94. The van der Waals surface area contributed by atoms with Crippen LogP contribution in [0.4, 0.5) is 4.39 Å². The van der Waals surface area contributed by atoms with E-state index < -0.39 is 11.9 Å². The number of cyclic esters (lactones) is 1. The number of ether oxygens (including phenoxy) is 1. The van der Waals surface area contributed by atoms with E-state index in [1.807, 2.05) is 22.6 Å². The van der Waals surface area contributed by atoms with Gasteiger partial charge in [0.05, 0.1) is 11.3 Å². The lowest BCUT2D eigenvalue weighted by atomic mass is 9.81. The molecule has 0 spiro atoms. The van der Waals surface area contributed by atoms with Crippen LogP contribution in [-0.4, -0.2) is 18.4 Å². The lowest BCUT2D eigenvalue weighted by Crippen LogP contribution is -2.26. The maximum Gasteiger partial charge on any atom is 0.337 e. The van der Waals surface area contributed by atoms with Gasteiger partial charge >= 0.3 is 5.97 Å². The highest BCUT2D eigenvalue weighted by Gasteiger charge is 2.43. The van der Waals surface area contributed by atoms with Gasteiger partial charge in [-0.15, -0.1) is 0 Å². The van der Waals surface area contributed by atoms with Crippen molar-refractivity contribution in [2.45, 2.75) is 18.8 Å². The Labute approximate surface area is 139 Å². The number of ketones is 1. The first kappa shape index (κ1) is 13.9. The molecule has 0 fully saturated rings. The molecule has 4 rings (SSSR count). The fourth-order valence-corrected chi connectivity index (χ4v) is 3.84. The van der Waals surface area contributed by atoms with Crippen LogP contribution in [0.2, 0.25) is 0 Å². The van der Waals surface area contributed by atoms with E-state index in [1.54, 1.807) is 12.1 Å². The van der Waals surface area contributed by atoms with Gasteiger partial charge in [0.15, 0.2) is 5.78 Å². The zero-order chi connectivity index (χ0) is 15.4. The fourth-order valence-electron chi connectivity index (χ4n) is 3.30.